The maximum Gasteiger partial charge on any atom is 0.330 e. The molecule has 0 amide bonds. The number of aromatic nitrogens is 2. The van der Waals surface area contributed by atoms with Gasteiger partial charge >= 0.3 is 5.69 Å². The standard InChI is InChI=1S/C16H18F2N2O3S/c1-10-3-5-12(6-4-10)24-14(18)13(7-17)23-9-20-8-11(2)15(21)19-16(20)22/h3-6,8,13-14H,7,9H2,1-2H3,(H,19,21,22)/t13-,14+/m0/s1. The van der Waals surface area contributed by atoms with Gasteiger partial charge in [-0.1, -0.05) is 29.5 Å². The summed E-state index contributed by atoms with van der Waals surface area (Å²) in [7, 11) is 0. The Hall–Kier alpha value is -1.93. The van der Waals surface area contributed by atoms with Gasteiger partial charge in [0, 0.05) is 16.7 Å². The Morgan fingerprint density at radius 3 is 2.54 bits per heavy atom. The van der Waals surface area contributed by atoms with E-state index in [9.17, 15) is 18.4 Å². The van der Waals surface area contributed by atoms with Crippen LogP contribution in [0.3, 0.4) is 0 Å². The molecule has 5 nitrogen and oxygen atoms in total. The second-order valence-electron chi connectivity index (χ2n) is 5.31. The summed E-state index contributed by atoms with van der Waals surface area (Å²) in [5.74, 6) is 0. The van der Waals surface area contributed by atoms with Crippen LogP contribution in [0.2, 0.25) is 0 Å². The molecule has 0 saturated carbocycles. The maximum atomic E-state index is 14.3. The molecule has 130 valence electrons. The Kier molecular flexibility index (Phi) is 6.33. The number of ether oxygens (including phenoxy) is 1. The summed E-state index contributed by atoms with van der Waals surface area (Å²) in [6, 6.07) is 7.17. The fraction of sp³-hybridized carbons (Fsp3) is 0.375. The molecule has 0 aliphatic heterocycles. The average molecular weight is 356 g/mol. The summed E-state index contributed by atoms with van der Waals surface area (Å²) in [6.45, 7) is 2.06. The number of aromatic amines is 1. The molecule has 2 rings (SSSR count). The molecule has 2 atom stereocenters. The number of nitrogens with one attached hydrogen (secondary N) is 1. The van der Waals surface area contributed by atoms with E-state index in [-0.39, 0.29) is 6.73 Å². The molecule has 1 aromatic carbocycles. The largest absolute Gasteiger partial charge is 0.351 e. The zero-order valence-corrected chi connectivity index (χ0v) is 14.1. The molecule has 0 radical (unpaired) electrons. The number of nitrogens with zero attached hydrogens (tertiary/aromatic N) is 1. The lowest BCUT2D eigenvalue weighted by atomic mass is 10.2. The smallest absolute Gasteiger partial charge is 0.330 e. The maximum absolute atomic E-state index is 14.3. The van der Waals surface area contributed by atoms with Crippen molar-refractivity contribution in [1.82, 2.24) is 9.55 Å². The van der Waals surface area contributed by atoms with Gasteiger partial charge in [0.2, 0.25) is 0 Å². The van der Waals surface area contributed by atoms with Crippen molar-refractivity contribution in [3.63, 3.8) is 0 Å². The predicted octanol–water partition coefficient (Wildman–Crippen LogP) is 2.55. The molecular weight excluding hydrogens is 338 g/mol. The van der Waals surface area contributed by atoms with Gasteiger partial charge in [-0.2, -0.15) is 0 Å². The number of hydrogen-bond donors (Lipinski definition) is 1. The van der Waals surface area contributed by atoms with E-state index < -0.39 is 29.5 Å². The molecule has 0 aliphatic rings. The zero-order chi connectivity index (χ0) is 17.7. The third-order valence-electron chi connectivity index (χ3n) is 3.33. The van der Waals surface area contributed by atoms with E-state index in [0.29, 0.717) is 10.5 Å². The Balaban J connectivity index is 2.01. The van der Waals surface area contributed by atoms with Crippen LogP contribution in [0.25, 0.3) is 0 Å². The number of rotatable bonds is 7. The molecule has 1 aromatic heterocycles. The molecule has 0 unspecified atom stereocenters. The van der Waals surface area contributed by atoms with Gasteiger partial charge in [-0.25, -0.2) is 13.6 Å². The Bertz CT molecular complexity index is 789. The number of halogens is 2. The van der Waals surface area contributed by atoms with Crippen molar-refractivity contribution in [2.75, 3.05) is 6.67 Å². The van der Waals surface area contributed by atoms with Crippen LogP contribution in [-0.4, -0.2) is 27.8 Å². The lowest BCUT2D eigenvalue weighted by Gasteiger charge is -2.19. The highest BCUT2D eigenvalue weighted by Gasteiger charge is 2.23. The molecule has 2 aromatic rings. The van der Waals surface area contributed by atoms with Crippen molar-refractivity contribution in [1.29, 1.82) is 0 Å². The van der Waals surface area contributed by atoms with Crippen LogP contribution in [0.15, 0.2) is 44.9 Å². The van der Waals surface area contributed by atoms with E-state index >= 15 is 0 Å². The fourth-order valence-electron chi connectivity index (χ4n) is 1.90. The molecule has 1 N–H and O–H groups in total. The molecule has 0 fully saturated rings. The topological polar surface area (TPSA) is 64.1 Å². The summed E-state index contributed by atoms with van der Waals surface area (Å²) >= 11 is 0.853. The van der Waals surface area contributed by atoms with E-state index in [4.69, 9.17) is 4.74 Å². The second-order valence-corrected chi connectivity index (χ2v) is 6.47. The zero-order valence-electron chi connectivity index (χ0n) is 13.3. The molecular formula is C16H18F2N2O3S. The first kappa shape index (κ1) is 18.4. The van der Waals surface area contributed by atoms with Crippen LogP contribution >= 0.6 is 11.8 Å². The van der Waals surface area contributed by atoms with Gasteiger partial charge < -0.3 is 4.74 Å². The van der Waals surface area contributed by atoms with Crippen LogP contribution in [0.5, 0.6) is 0 Å². The average Bonchev–Trinajstić information content (AvgIpc) is 2.54. The summed E-state index contributed by atoms with van der Waals surface area (Å²) in [4.78, 5) is 25.7. The minimum atomic E-state index is -1.63. The van der Waals surface area contributed by atoms with E-state index in [1.807, 2.05) is 19.1 Å². The van der Waals surface area contributed by atoms with Crippen molar-refractivity contribution < 1.29 is 13.5 Å². The molecule has 0 saturated heterocycles. The number of benzene rings is 1. The van der Waals surface area contributed by atoms with E-state index in [1.54, 1.807) is 12.1 Å². The van der Waals surface area contributed by atoms with Crippen LogP contribution in [0.4, 0.5) is 8.78 Å². The highest BCUT2D eigenvalue weighted by molar-refractivity contribution is 7.99. The van der Waals surface area contributed by atoms with Crippen LogP contribution < -0.4 is 11.2 Å². The number of alkyl halides is 2. The van der Waals surface area contributed by atoms with E-state index in [2.05, 4.69) is 4.98 Å². The van der Waals surface area contributed by atoms with Crippen molar-refractivity contribution in [2.45, 2.75) is 37.1 Å². The first-order chi connectivity index (χ1) is 11.4. The van der Waals surface area contributed by atoms with E-state index in [1.165, 1.54) is 13.1 Å². The third-order valence-corrected chi connectivity index (χ3v) is 4.40. The lowest BCUT2D eigenvalue weighted by Crippen LogP contribution is -2.34. The molecule has 8 heteroatoms. The molecule has 1 heterocycles. The van der Waals surface area contributed by atoms with Gasteiger partial charge in [-0.15, -0.1) is 0 Å². The molecule has 0 spiro atoms. The second kappa shape index (κ2) is 8.25. The van der Waals surface area contributed by atoms with Crippen molar-refractivity contribution in [3.8, 4) is 0 Å². The van der Waals surface area contributed by atoms with Crippen molar-refractivity contribution >= 4 is 11.8 Å². The SMILES string of the molecule is Cc1ccc(S[C@@H](F)[C@H](CF)OCn2cc(C)c(=O)[nH]c2=O)cc1. The summed E-state index contributed by atoms with van der Waals surface area (Å²) < 4.78 is 33.6. The molecule has 0 bridgehead atoms. The fourth-order valence-corrected chi connectivity index (χ4v) is 2.76. The number of aryl methyl sites for hydroxylation is 2. The normalized spacial score (nSPS) is 13.7. The van der Waals surface area contributed by atoms with Gasteiger partial charge in [0.25, 0.3) is 5.56 Å². The van der Waals surface area contributed by atoms with Gasteiger partial charge in [-0.05, 0) is 26.0 Å². The van der Waals surface area contributed by atoms with Crippen LogP contribution in [-0.2, 0) is 11.5 Å². The van der Waals surface area contributed by atoms with E-state index in [0.717, 1.165) is 21.9 Å². The quantitative estimate of drug-likeness (QED) is 0.775. The number of hydrogen-bond acceptors (Lipinski definition) is 4. The number of thioether (sulfide) groups is 1. The first-order valence-electron chi connectivity index (χ1n) is 7.26. The minimum Gasteiger partial charge on any atom is -0.351 e. The van der Waals surface area contributed by atoms with Gasteiger partial charge in [0.05, 0.1) is 0 Å². The van der Waals surface area contributed by atoms with Gasteiger partial charge in [0.15, 0.2) is 5.50 Å². The summed E-state index contributed by atoms with van der Waals surface area (Å²) in [6.07, 6.45) is -0.0352. The predicted molar refractivity (Wildman–Crippen MR) is 88.8 cm³/mol. The van der Waals surface area contributed by atoms with Crippen molar-refractivity contribution in [3.05, 3.63) is 62.4 Å². The van der Waals surface area contributed by atoms with Crippen LogP contribution in [0.1, 0.15) is 11.1 Å². The Morgan fingerprint density at radius 1 is 1.25 bits per heavy atom. The molecule has 0 aliphatic carbocycles. The molecule has 24 heavy (non-hydrogen) atoms. The highest BCUT2D eigenvalue weighted by atomic mass is 32.2. The van der Waals surface area contributed by atoms with Crippen molar-refractivity contribution in [2.24, 2.45) is 0 Å². The monoisotopic (exact) mass is 356 g/mol. The summed E-state index contributed by atoms with van der Waals surface area (Å²) in [5.41, 5.74) is -1.47. The first-order valence-corrected chi connectivity index (χ1v) is 8.14. The third kappa shape index (κ3) is 4.78. The van der Waals surface area contributed by atoms with Crippen LogP contribution in [0, 0.1) is 13.8 Å². The highest BCUT2D eigenvalue weighted by Crippen LogP contribution is 2.28. The Labute approximate surface area is 141 Å². The van der Waals surface area contributed by atoms with Gasteiger partial charge in [0.1, 0.15) is 19.5 Å². The minimum absolute atomic E-state index is 0.306. The number of H-pyrrole nitrogens is 1. The van der Waals surface area contributed by atoms with Gasteiger partial charge in [-0.3, -0.25) is 14.3 Å². The Morgan fingerprint density at radius 2 is 1.92 bits per heavy atom. The summed E-state index contributed by atoms with van der Waals surface area (Å²) in [5, 5.41) is 0. The lowest BCUT2D eigenvalue weighted by molar-refractivity contribution is -0.0287.